The summed E-state index contributed by atoms with van der Waals surface area (Å²) >= 11 is 0. The molecule has 0 fully saturated rings. The van der Waals surface area contributed by atoms with Crippen LogP contribution in [0.2, 0.25) is 0 Å². The average molecular weight is 781 g/mol. The summed E-state index contributed by atoms with van der Waals surface area (Å²) in [5, 5.41) is 34.6. The zero-order chi connectivity index (χ0) is 41.6. The van der Waals surface area contributed by atoms with Crippen LogP contribution in [-0.4, -0.2) is 21.1 Å². The minimum absolute atomic E-state index is 0.00586. The zero-order valence-corrected chi connectivity index (χ0v) is 33.5. The Labute approximate surface area is 351 Å². The van der Waals surface area contributed by atoms with Gasteiger partial charge in [-0.3, -0.25) is 4.79 Å². The largest absolute Gasteiger partial charge is 0.507 e. The minimum atomic E-state index is -1.40. The van der Waals surface area contributed by atoms with Crippen molar-refractivity contribution >= 4 is 16.9 Å². The van der Waals surface area contributed by atoms with Gasteiger partial charge in [-0.1, -0.05) is 170 Å². The molecule has 0 radical (unpaired) electrons. The van der Waals surface area contributed by atoms with E-state index in [1.54, 1.807) is 18.2 Å². The van der Waals surface area contributed by atoms with Crippen LogP contribution in [0.25, 0.3) is 55.7 Å². The Kier molecular flexibility index (Phi) is 11.1. The third-order valence-electron chi connectivity index (χ3n) is 11.3. The third kappa shape index (κ3) is 7.92. The van der Waals surface area contributed by atoms with Crippen molar-refractivity contribution in [1.29, 1.82) is 0 Å². The normalized spacial score (nSPS) is 12.8. The Hall–Kier alpha value is -7.69. The number of rotatable bonds is 11. The molecule has 8 aromatic rings. The fourth-order valence-corrected chi connectivity index (χ4v) is 7.86. The lowest BCUT2D eigenvalue weighted by atomic mass is 9.70. The van der Waals surface area contributed by atoms with E-state index in [9.17, 15) is 15.3 Å². The van der Waals surface area contributed by atoms with Crippen LogP contribution in [0.5, 0.6) is 17.2 Å². The SMILES string of the molecule is C/C(=C\C(=C/C(=O)C(C)(c1ccccc1)c1cc(-c2ccc(O)c(-c3ccccc3)c2)cc(-c2ccccc2)c1O)c1ccc(O)c(-c2ccccc2)c1)c1ccccc1. The summed E-state index contributed by atoms with van der Waals surface area (Å²) in [6.45, 7) is 3.89. The summed E-state index contributed by atoms with van der Waals surface area (Å²) in [6, 6.07) is 63.4. The van der Waals surface area contributed by atoms with Crippen molar-refractivity contribution in [3.63, 3.8) is 0 Å². The first-order valence-corrected chi connectivity index (χ1v) is 20.0. The van der Waals surface area contributed by atoms with E-state index in [0.717, 1.165) is 44.5 Å². The molecule has 292 valence electrons. The average Bonchev–Trinajstić information content (AvgIpc) is 3.30. The van der Waals surface area contributed by atoms with E-state index in [2.05, 4.69) is 0 Å². The van der Waals surface area contributed by atoms with E-state index < -0.39 is 5.41 Å². The maximum Gasteiger partial charge on any atom is 0.171 e. The van der Waals surface area contributed by atoms with Crippen LogP contribution in [-0.2, 0) is 10.2 Å². The molecule has 0 bridgehead atoms. The summed E-state index contributed by atoms with van der Waals surface area (Å²) in [6.07, 6.45) is 3.68. The van der Waals surface area contributed by atoms with Gasteiger partial charge in [0.15, 0.2) is 5.78 Å². The highest BCUT2D eigenvalue weighted by Gasteiger charge is 2.39. The van der Waals surface area contributed by atoms with Gasteiger partial charge in [0, 0.05) is 22.3 Å². The van der Waals surface area contributed by atoms with E-state index in [-0.39, 0.29) is 23.0 Å². The van der Waals surface area contributed by atoms with Crippen LogP contribution < -0.4 is 0 Å². The van der Waals surface area contributed by atoms with Crippen molar-refractivity contribution in [1.82, 2.24) is 0 Å². The minimum Gasteiger partial charge on any atom is -0.507 e. The predicted molar refractivity (Wildman–Crippen MR) is 246 cm³/mol. The summed E-state index contributed by atoms with van der Waals surface area (Å²) in [5.74, 6) is 0.0250. The van der Waals surface area contributed by atoms with Gasteiger partial charge >= 0.3 is 0 Å². The van der Waals surface area contributed by atoms with Crippen molar-refractivity contribution in [2.24, 2.45) is 0 Å². The number of carbonyl (C=O) groups excluding carboxylic acids is 1. The topological polar surface area (TPSA) is 77.8 Å². The first-order valence-electron chi connectivity index (χ1n) is 20.0. The van der Waals surface area contributed by atoms with Gasteiger partial charge in [-0.05, 0) is 112 Å². The van der Waals surface area contributed by atoms with Gasteiger partial charge < -0.3 is 15.3 Å². The molecule has 0 amide bonds. The molecule has 0 heterocycles. The Balaban J connectivity index is 1.37. The van der Waals surface area contributed by atoms with E-state index >= 15 is 4.79 Å². The summed E-state index contributed by atoms with van der Waals surface area (Å²) < 4.78 is 0. The Morgan fingerprint density at radius 1 is 0.450 bits per heavy atom. The Bertz CT molecular complexity index is 2850. The molecule has 0 aliphatic rings. The van der Waals surface area contributed by atoms with Crippen LogP contribution in [0.1, 0.15) is 36.1 Å². The lowest BCUT2D eigenvalue weighted by Crippen LogP contribution is -2.33. The van der Waals surface area contributed by atoms with Crippen LogP contribution >= 0.6 is 0 Å². The first kappa shape index (κ1) is 39.2. The molecular weight excluding hydrogens is 737 g/mol. The fraction of sp³-hybridized carbons (Fsp3) is 0.0536. The number of phenols is 3. The molecule has 1 atom stereocenters. The van der Waals surface area contributed by atoms with Crippen molar-refractivity contribution < 1.29 is 20.1 Å². The summed E-state index contributed by atoms with van der Waals surface area (Å²) in [4.78, 5) is 15.6. The number of ketones is 1. The van der Waals surface area contributed by atoms with Crippen molar-refractivity contribution in [2.45, 2.75) is 19.3 Å². The van der Waals surface area contributed by atoms with Crippen molar-refractivity contribution in [3.05, 3.63) is 235 Å². The van der Waals surface area contributed by atoms with Crippen LogP contribution in [0.3, 0.4) is 0 Å². The number of allylic oxidation sites excluding steroid dienone is 4. The molecule has 0 aromatic heterocycles. The number of benzene rings is 8. The van der Waals surface area contributed by atoms with E-state index in [4.69, 9.17) is 0 Å². The molecule has 8 rings (SSSR count). The summed E-state index contributed by atoms with van der Waals surface area (Å²) in [7, 11) is 0. The molecule has 0 saturated carbocycles. The van der Waals surface area contributed by atoms with Crippen LogP contribution in [0.15, 0.2) is 212 Å². The number of hydrogen-bond acceptors (Lipinski definition) is 4. The third-order valence-corrected chi connectivity index (χ3v) is 11.3. The van der Waals surface area contributed by atoms with Gasteiger partial charge in [0.25, 0.3) is 0 Å². The van der Waals surface area contributed by atoms with E-state index in [1.807, 2.05) is 208 Å². The molecule has 4 heteroatoms. The zero-order valence-electron chi connectivity index (χ0n) is 33.5. The second kappa shape index (κ2) is 17.0. The monoisotopic (exact) mass is 780 g/mol. The van der Waals surface area contributed by atoms with Gasteiger partial charge in [0.05, 0.1) is 5.41 Å². The maximum atomic E-state index is 15.6. The molecule has 60 heavy (non-hydrogen) atoms. The predicted octanol–water partition coefficient (Wildman–Crippen LogP) is 13.5. The molecular formula is C56H44O4. The molecule has 4 nitrogen and oxygen atoms in total. The standard InChI is InChI=1S/C56H44O4/c1-38(39-18-8-3-9-19-39)32-45(43-28-30-52(57)48(33-43)40-20-10-4-11-21-40)37-54(59)56(2,47-26-16-7-17-27-47)51-36-46(35-50(55(51)60)42-24-14-6-15-25-42)44-29-31-53(58)49(34-44)41-22-12-5-13-23-41/h3-37,57-58,60H,1-2H3/b38-32+,45-37+. The number of carbonyl (C=O) groups is 1. The molecule has 0 saturated heterocycles. The molecule has 1 unspecified atom stereocenters. The van der Waals surface area contributed by atoms with Gasteiger partial charge in [-0.15, -0.1) is 0 Å². The first-order chi connectivity index (χ1) is 29.2. The highest BCUT2D eigenvalue weighted by molar-refractivity contribution is 6.09. The molecule has 3 N–H and O–H groups in total. The van der Waals surface area contributed by atoms with Gasteiger partial charge in [0.1, 0.15) is 17.2 Å². The number of phenolic OH excluding ortho intramolecular Hbond substituents is 3. The Morgan fingerprint density at radius 3 is 1.48 bits per heavy atom. The molecule has 0 aliphatic carbocycles. The highest BCUT2D eigenvalue weighted by atomic mass is 16.3. The molecule has 0 aliphatic heterocycles. The second-order valence-electron chi connectivity index (χ2n) is 15.1. The van der Waals surface area contributed by atoms with Gasteiger partial charge in [0.2, 0.25) is 0 Å². The summed E-state index contributed by atoms with van der Waals surface area (Å²) in [5.41, 5.74) is 9.03. The highest BCUT2D eigenvalue weighted by Crippen LogP contribution is 2.47. The molecule has 8 aromatic carbocycles. The lowest BCUT2D eigenvalue weighted by Gasteiger charge is -2.31. The van der Waals surface area contributed by atoms with Crippen LogP contribution in [0.4, 0.5) is 0 Å². The van der Waals surface area contributed by atoms with Crippen molar-refractivity contribution in [2.75, 3.05) is 0 Å². The van der Waals surface area contributed by atoms with E-state index in [1.165, 1.54) is 0 Å². The van der Waals surface area contributed by atoms with Crippen LogP contribution in [0, 0.1) is 0 Å². The van der Waals surface area contributed by atoms with Gasteiger partial charge in [-0.25, -0.2) is 0 Å². The quantitative estimate of drug-likeness (QED) is 0.0902. The fourth-order valence-electron chi connectivity index (χ4n) is 7.86. The Morgan fingerprint density at radius 2 is 0.917 bits per heavy atom. The van der Waals surface area contributed by atoms with Crippen molar-refractivity contribution in [3.8, 4) is 61.8 Å². The second-order valence-corrected chi connectivity index (χ2v) is 15.1. The maximum absolute atomic E-state index is 15.6. The van der Waals surface area contributed by atoms with E-state index in [0.29, 0.717) is 33.4 Å². The smallest absolute Gasteiger partial charge is 0.171 e. The molecule has 0 spiro atoms. The van der Waals surface area contributed by atoms with Gasteiger partial charge in [-0.2, -0.15) is 0 Å². The lowest BCUT2D eigenvalue weighted by molar-refractivity contribution is -0.118. The number of aromatic hydroxyl groups is 3. The number of hydrogen-bond donors (Lipinski definition) is 3.